The van der Waals surface area contributed by atoms with Gasteiger partial charge in [0, 0.05) is 20.3 Å². The number of Topliss-reactive ketones (excluding diaryl/α,β-unsaturated/α-hetero) is 1. The summed E-state index contributed by atoms with van der Waals surface area (Å²) < 4.78 is 9.63. The summed E-state index contributed by atoms with van der Waals surface area (Å²) in [5.41, 5.74) is 1.94. The number of ketones is 1. The second-order valence-corrected chi connectivity index (χ2v) is 5.39. The summed E-state index contributed by atoms with van der Waals surface area (Å²) >= 11 is 0. The third-order valence-electron chi connectivity index (χ3n) is 3.01. The lowest BCUT2D eigenvalue weighted by Gasteiger charge is -2.24. The average molecular weight is 292 g/mol. The summed E-state index contributed by atoms with van der Waals surface area (Å²) in [4.78, 5) is 34.2. The summed E-state index contributed by atoms with van der Waals surface area (Å²) in [6.45, 7) is 6.50. The Morgan fingerprint density at radius 3 is 2.33 bits per heavy atom. The lowest BCUT2D eigenvalue weighted by Crippen LogP contribution is -2.35. The van der Waals surface area contributed by atoms with E-state index in [1.165, 1.54) is 20.8 Å². The van der Waals surface area contributed by atoms with E-state index in [4.69, 9.17) is 4.74 Å². The number of ether oxygens (including phenoxy) is 2. The molecule has 21 heavy (non-hydrogen) atoms. The summed E-state index contributed by atoms with van der Waals surface area (Å²) in [5.74, 6) is -3.25. The van der Waals surface area contributed by atoms with Gasteiger partial charge in [-0.3, -0.25) is 14.4 Å². The van der Waals surface area contributed by atoms with Crippen LogP contribution in [0, 0.1) is 12.8 Å². The molecule has 1 atom stereocenters. The van der Waals surface area contributed by atoms with Gasteiger partial charge < -0.3 is 9.47 Å². The molecule has 1 aromatic rings. The van der Waals surface area contributed by atoms with Gasteiger partial charge >= 0.3 is 5.97 Å². The first-order valence-electron chi connectivity index (χ1n) is 6.68. The molecule has 0 aliphatic rings. The highest BCUT2D eigenvalue weighted by molar-refractivity contribution is 5.99. The smallest absolute Gasteiger partial charge is 0.319 e. The molecule has 0 aromatic heterocycles. The number of esters is 1. The molecule has 0 bridgehead atoms. The number of rotatable bonds is 7. The molecule has 0 aliphatic carbocycles. The zero-order valence-electron chi connectivity index (χ0n) is 12.7. The topological polar surface area (TPSA) is 69.7 Å². The first kappa shape index (κ1) is 16.9. The Balaban J connectivity index is 2.63. The Kier molecular flexibility index (Phi) is 5.64. The van der Waals surface area contributed by atoms with Crippen molar-refractivity contribution in [3.05, 3.63) is 35.4 Å². The molecule has 0 aliphatic heterocycles. The Labute approximate surface area is 124 Å². The quantitative estimate of drug-likeness (QED) is 0.333. The second kappa shape index (κ2) is 7.02. The molecular formula is C16H20O5. The molecule has 0 saturated heterocycles. The highest BCUT2D eigenvalue weighted by Crippen LogP contribution is 2.15. The molecule has 0 N–H and O–H groups in total. The highest BCUT2D eigenvalue weighted by atomic mass is 16.7. The van der Waals surface area contributed by atoms with Crippen molar-refractivity contribution in [2.45, 2.75) is 39.9 Å². The third kappa shape index (κ3) is 5.38. The maximum atomic E-state index is 12.1. The fourth-order valence-electron chi connectivity index (χ4n) is 1.66. The molecule has 1 aromatic carbocycles. The van der Waals surface area contributed by atoms with Crippen molar-refractivity contribution in [3.8, 4) is 0 Å². The van der Waals surface area contributed by atoms with Crippen LogP contribution in [0.5, 0.6) is 0 Å². The van der Waals surface area contributed by atoms with Crippen LogP contribution >= 0.6 is 0 Å². The normalized spacial score (nSPS) is 12.4. The zero-order chi connectivity index (χ0) is 16.0. The molecule has 5 heteroatoms. The van der Waals surface area contributed by atoms with Crippen molar-refractivity contribution in [2.24, 2.45) is 5.92 Å². The SMILES string of the molecule is Cc1ccc(CC(=O)C(C)C(=O)OC(C)(C)OC=O)cc1. The number of hydrogen-bond acceptors (Lipinski definition) is 5. The van der Waals surface area contributed by atoms with Gasteiger partial charge in [-0.15, -0.1) is 0 Å². The molecular weight excluding hydrogens is 272 g/mol. The fourth-order valence-corrected chi connectivity index (χ4v) is 1.66. The van der Waals surface area contributed by atoms with Gasteiger partial charge in [-0.05, 0) is 19.4 Å². The fraction of sp³-hybridized carbons (Fsp3) is 0.438. The molecule has 0 saturated carbocycles. The first-order chi connectivity index (χ1) is 9.75. The molecule has 1 rings (SSSR count). The molecule has 0 amide bonds. The van der Waals surface area contributed by atoms with Crippen molar-refractivity contribution >= 4 is 18.2 Å². The zero-order valence-corrected chi connectivity index (χ0v) is 12.7. The molecule has 1 unspecified atom stereocenters. The van der Waals surface area contributed by atoms with Crippen LogP contribution in [0.3, 0.4) is 0 Å². The van der Waals surface area contributed by atoms with Crippen LogP contribution in [0.15, 0.2) is 24.3 Å². The number of benzene rings is 1. The monoisotopic (exact) mass is 292 g/mol. The van der Waals surface area contributed by atoms with Gasteiger partial charge in [0.15, 0.2) is 5.78 Å². The Morgan fingerprint density at radius 2 is 1.81 bits per heavy atom. The van der Waals surface area contributed by atoms with E-state index < -0.39 is 17.7 Å². The highest BCUT2D eigenvalue weighted by Gasteiger charge is 2.30. The average Bonchev–Trinajstić information content (AvgIpc) is 2.39. The van der Waals surface area contributed by atoms with Crippen molar-refractivity contribution < 1.29 is 23.9 Å². The van der Waals surface area contributed by atoms with Gasteiger partial charge in [-0.1, -0.05) is 29.8 Å². The summed E-state index contributed by atoms with van der Waals surface area (Å²) in [6, 6.07) is 7.52. The van der Waals surface area contributed by atoms with Gasteiger partial charge in [0.1, 0.15) is 5.92 Å². The van der Waals surface area contributed by atoms with Crippen molar-refractivity contribution in [3.63, 3.8) is 0 Å². The molecule has 0 spiro atoms. The minimum atomic E-state index is -1.38. The number of hydrogen-bond donors (Lipinski definition) is 0. The van der Waals surface area contributed by atoms with E-state index in [2.05, 4.69) is 4.74 Å². The van der Waals surface area contributed by atoms with E-state index in [1.54, 1.807) is 0 Å². The minimum Gasteiger partial charge on any atom is -0.425 e. The van der Waals surface area contributed by atoms with Gasteiger partial charge in [0.2, 0.25) is 0 Å². The second-order valence-electron chi connectivity index (χ2n) is 5.39. The number of carbonyl (C=O) groups excluding carboxylic acids is 3. The Hall–Kier alpha value is -2.17. The summed E-state index contributed by atoms with van der Waals surface area (Å²) in [7, 11) is 0. The summed E-state index contributed by atoms with van der Waals surface area (Å²) in [5, 5.41) is 0. The van der Waals surface area contributed by atoms with E-state index in [0.717, 1.165) is 11.1 Å². The van der Waals surface area contributed by atoms with Crippen molar-refractivity contribution in [1.82, 2.24) is 0 Å². The molecule has 0 heterocycles. The van der Waals surface area contributed by atoms with Gasteiger partial charge in [0.25, 0.3) is 12.3 Å². The first-order valence-corrected chi connectivity index (χ1v) is 6.68. The predicted molar refractivity (Wildman–Crippen MR) is 76.4 cm³/mol. The molecule has 0 radical (unpaired) electrons. The number of aryl methyl sites for hydroxylation is 1. The van der Waals surface area contributed by atoms with Crippen molar-refractivity contribution in [2.75, 3.05) is 0 Å². The predicted octanol–water partition coefficient (Wildman–Crippen LogP) is 2.20. The van der Waals surface area contributed by atoms with E-state index >= 15 is 0 Å². The Bertz CT molecular complexity index is 516. The van der Waals surface area contributed by atoms with Crippen LogP contribution in [0.2, 0.25) is 0 Å². The van der Waals surface area contributed by atoms with Crippen LogP contribution in [-0.2, 0) is 30.3 Å². The van der Waals surface area contributed by atoms with Crippen molar-refractivity contribution in [1.29, 1.82) is 0 Å². The van der Waals surface area contributed by atoms with Crippen LogP contribution in [-0.4, -0.2) is 24.0 Å². The van der Waals surface area contributed by atoms with Crippen LogP contribution in [0.1, 0.15) is 31.9 Å². The largest absolute Gasteiger partial charge is 0.425 e. The third-order valence-corrected chi connectivity index (χ3v) is 3.01. The maximum Gasteiger partial charge on any atom is 0.319 e. The standard InChI is InChI=1S/C16H20O5/c1-11-5-7-13(8-6-11)9-14(18)12(2)15(19)21-16(3,4)20-10-17/h5-8,10,12H,9H2,1-4H3. The maximum absolute atomic E-state index is 12.1. The number of carbonyl (C=O) groups is 3. The lowest BCUT2D eigenvalue weighted by atomic mass is 9.99. The Morgan fingerprint density at radius 1 is 1.24 bits per heavy atom. The van der Waals surface area contributed by atoms with E-state index in [9.17, 15) is 14.4 Å². The molecule has 114 valence electrons. The van der Waals surface area contributed by atoms with E-state index in [1.807, 2.05) is 31.2 Å². The summed E-state index contributed by atoms with van der Waals surface area (Å²) in [6.07, 6.45) is 0.158. The van der Waals surface area contributed by atoms with Gasteiger partial charge in [-0.25, -0.2) is 0 Å². The van der Waals surface area contributed by atoms with Gasteiger partial charge in [0.05, 0.1) is 0 Å². The van der Waals surface area contributed by atoms with Gasteiger partial charge in [-0.2, -0.15) is 0 Å². The van der Waals surface area contributed by atoms with Crippen LogP contribution in [0.25, 0.3) is 0 Å². The van der Waals surface area contributed by atoms with E-state index in [0.29, 0.717) is 0 Å². The minimum absolute atomic E-state index is 0.158. The van der Waals surface area contributed by atoms with Crippen LogP contribution in [0.4, 0.5) is 0 Å². The lowest BCUT2D eigenvalue weighted by molar-refractivity contribution is -0.210. The van der Waals surface area contributed by atoms with Crippen LogP contribution < -0.4 is 0 Å². The van der Waals surface area contributed by atoms with E-state index in [-0.39, 0.29) is 18.7 Å². The molecule has 5 nitrogen and oxygen atoms in total. The molecule has 0 fully saturated rings.